The molecule has 5 heteroatoms. The summed E-state index contributed by atoms with van der Waals surface area (Å²) >= 11 is 0. The van der Waals surface area contributed by atoms with Gasteiger partial charge in [-0.1, -0.05) is 18.2 Å². The van der Waals surface area contributed by atoms with Gasteiger partial charge in [-0.25, -0.2) is 4.68 Å². The largest absolute Gasteiger partial charge is 0.274 e. The molecule has 5 rings (SSSR count). The second kappa shape index (κ2) is 6.08. The van der Waals surface area contributed by atoms with Crippen LogP contribution in [0.5, 0.6) is 0 Å². The number of imide groups is 1. The number of rotatable bonds is 4. The lowest BCUT2D eigenvalue weighted by atomic mass is 9.91. The minimum absolute atomic E-state index is 0.0483. The molecular formula is C21H23N3O2. The Morgan fingerprint density at radius 1 is 0.962 bits per heavy atom. The number of amides is 2. The number of hydrogen-bond donors (Lipinski definition) is 0. The molecule has 0 N–H and O–H groups in total. The van der Waals surface area contributed by atoms with E-state index in [4.69, 9.17) is 0 Å². The Labute approximate surface area is 153 Å². The van der Waals surface area contributed by atoms with Crippen molar-refractivity contribution in [3.05, 3.63) is 47.8 Å². The van der Waals surface area contributed by atoms with E-state index < -0.39 is 0 Å². The Morgan fingerprint density at radius 2 is 1.62 bits per heavy atom. The van der Waals surface area contributed by atoms with Gasteiger partial charge in [-0.2, -0.15) is 5.10 Å². The molecule has 1 unspecified atom stereocenters. The van der Waals surface area contributed by atoms with Gasteiger partial charge >= 0.3 is 0 Å². The predicted octanol–water partition coefficient (Wildman–Crippen LogP) is 3.42. The van der Waals surface area contributed by atoms with E-state index in [1.54, 1.807) is 4.90 Å². The van der Waals surface area contributed by atoms with Gasteiger partial charge in [0.2, 0.25) is 11.8 Å². The highest BCUT2D eigenvalue weighted by molar-refractivity contribution is 5.99. The number of carbonyl (C=O) groups excluding carboxylic acids is 2. The van der Waals surface area contributed by atoms with Gasteiger partial charge in [-0.05, 0) is 57.1 Å². The summed E-state index contributed by atoms with van der Waals surface area (Å²) in [6.45, 7) is 0. The summed E-state index contributed by atoms with van der Waals surface area (Å²) in [5.74, 6) is 0.221. The lowest BCUT2D eigenvalue weighted by Crippen LogP contribution is -2.43. The first kappa shape index (κ1) is 15.8. The topological polar surface area (TPSA) is 55.2 Å². The van der Waals surface area contributed by atoms with Crippen LogP contribution in [-0.2, 0) is 16.0 Å². The Morgan fingerprint density at radius 3 is 2.23 bits per heavy atom. The molecule has 1 aromatic carbocycles. The van der Waals surface area contributed by atoms with Crippen LogP contribution in [0.1, 0.15) is 55.8 Å². The highest BCUT2D eigenvalue weighted by Gasteiger charge is 2.45. The Hall–Kier alpha value is -2.43. The molecule has 0 saturated heterocycles. The number of fused-ring (bicyclic) bond motifs is 1. The van der Waals surface area contributed by atoms with E-state index in [0.717, 1.165) is 61.9 Å². The molecule has 2 aromatic rings. The van der Waals surface area contributed by atoms with E-state index in [1.165, 1.54) is 0 Å². The highest BCUT2D eigenvalue weighted by atomic mass is 16.2. The molecule has 1 heterocycles. The Kier molecular flexibility index (Phi) is 3.69. The van der Waals surface area contributed by atoms with Crippen molar-refractivity contribution < 1.29 is 9.59 Å². The van der Waals surface area contributed by atoms with Crippen LogP contribution in [0.15, 0.2) is 36.5 Å². The van der Waals surface area contributed by atoms with Crippen LogP contribution in [0.2, 0.25) is 0 Å². The zero-order chi connectivity index (χ0) is 17.7. The summed E-state index contributed by atoms with van der Waals surface area (Å²) in [4.78, 5) is 27.5. The maximum absolute atomic E-state index is 12.9. The van der Waals surface area contributed by atoms with Gasteiger partial charge in [-0.15, -0.1) is 0 Å². The van der Waals surface area contributed by atoms with Crippen molar-refractivity contribution in [3.63, 3.8) is 0 Å². The molecule has 2 amide bonds. The second-order valence-electron chi connectivity index (χ2n) is 7.80. The van der Waals surface area contributed by atoms with Gasteiger partial charge in [0.25, 0.3) is 0 Å². The summed E-state index contributed by atoms with van der Waals surface area (Å²) in [7, 11) is 0. The molecule has 0 radical (unpaired) electrons. The van der Waals surface area contributed by atoms with E-state index in [1.807, 2.05) is 41.2 Å². The summed E-state index contributed by atoms with van der Waals surface area (Å²) in [5, 5.41) is 4.61. The van der Waals surface area contributed by atoms with Crippen molar-refractivity contribution in [2.24, 2.45) is 11.8 Å². The van der Waals surface area contributed by atoms with Crippen LogP contribution in [0.4, 0.5) is 0 Å². The van der Waals surface area contributed by atoms with Gasteiger partial charge in [-0.3, -0.25) is 14.5 Å². The highest BCUT2D eigenvalue weighted by Crippen LogP contribution is 2.42. The quantitative estimate of drug-likeness (QED) is 0.795. The Balaban J connectivity index is 1.53. The zero-order valence-corrected chi connectivity index (χ0v) is 14.8. The molecule has 3 aliphatic rings. The van der Waals surface area contributed by atoms with Crippen molar-refractivity contribution in [2.75, 3.05) is 0 Å². The molecule has 1 aromatic heterocycles. The van der Waals surface area contributed by atoms with Crippen LogP contribution < -0.4 is 0 Å². The van der Waals surface area contributed by atoms with Crippen LogP contribution in [-0.4, -0.2) is 26.5 Å². The smallest absolute Gasteiger partial charge is 0.232 e. The molecular weight excluding hydrogens is 326 g/mol. The van der Waals surface area contributed by atoms with Crippen molar-refractivity contribution in [2.45, 2.75) is 51.0 Å². The van der Waals surface area contributed by atoms with Gasteiger partial charge in [0, 0.05) is 23.1 Å². The molecule has 134 valence electrons. The molecule has 1 atom stereocenters. The fraction of sp³-hybridized carbons (Fsp3) is 0.476. The fourth-order valence-electron chi connectivity index (χ4n) is 4.06. The molecule has 5 nitrogen and oxygen atoms in total. The average molecular weight is 349 g/mol. The first-order valence-corrected chi connectivity index (χ1v) is 9.73. The van der Waals surface area contributed by atoms with Gasteiger partial charge in [0.15, 0.2) is 0 Å². The van der Waals surface area contributed by atoms with Crippen LogP contribution in [0.25, 0.3) is 5.69 Å². The van der Waals surface area contributed by atoms with Crippen LogP contribution in [0, 0.1) is 11.8 Å². The third-order valence-electron chi connectivity index (χ3n) is 5.79. The number of carbonyl (C=O) groups is 2. The van der Waals surface area contributed by atoms with Gasteiger partial charge in [0.05, 0.1) is 17.9 Å². The lowest BCUT2D eigenvalue weighted by molar-refractivity contribution is -0.150. The summed E-state index contributed by atoms with van der Waals surface area (Å²) in [6.07, 6.45) is 8.34. The number of aromatic nitrogens is 2. The Bertz CT molecular complexity index is 825. The average Bonchev–Trinajstić information content (AvgIpc) is 3.58. The van der Waals surface area contributed by atoms with Crippen LogP contribution in [0.3, 0.4) is 0 Å². The first-order valence-electron chi connectivity index (χ1n) is 9.73. The van der Waals surface area contributed by atoms with Crippen molar-refractivity contribution >= 4 is 11.8 Å². The normalized spacial score (nSPS) is 21.9. The summed E-state index contributed by atoms with van der Waals surface area (Å²) in [5.41, 5.74) is 3.23. The van der Waals surface area contributed by atoms with Crippen molar-refractivity contribution in [3.8, 4) is 5.69 Å². The number of benzene rings is 1. The molecule has 3 aliphatic carbocycles. The molecule has 0 aliphatic heterocycles. The molecule has 2 saturated carbocycles. The van der Waals surface area contributed by atoms with Gasteiger partial charge in [0.1, 0.15) is 0 Å². The number of nitrogens with zero attached hydrogens (tertiary/aromatic N) is 3. The SMILES string of the molecule is O=C(C1CC1)N(C(=O)C1CC1)C1CCCc2c1cnn2-c1ccccc1. The van der Waals surface area contributed by atoms with Crippen molar-refractivity contribution in [1.29, 1.82) is 0 Å². The van der Waals surface area contributed by atoms with E-state index >= 15 is 0 Å². The van der Waals surface area contributed by atoms with E-state index in [0.29, 0.717) is 0 Å². The minimum atomic E-state index is -0.141. The number of hydrogen-bond acceptors (Lipinski definition) is 3. The second-order valence-corrected chi connectivity index (χ2v) is 7.80. The predicted molar refractivity (Wildman–Crippen MR) is 96.5 cm³/mol. The standard InChI is InChI=1S/C21H23N3O2/c25-20(14-9-10-14)23(21(26)15-11-12-15)18-7-4-8-19-17(18)13-22-24(19)16-5-2-1-3-6-16/h1-3,5-6,13-15,18H,4,7-12H2. The number of para-hydroxylation sites is 1. The van der Waals surface area contributed by atoms with E-state index in [9.17, 15) is 9.59 Å². The summed E-state index contributed by atoms with van der Waals surface area (Å²) < 4.78 is 1.98. The van der Waals surface area contributed by atoms with Crippen molar-refractivity contribution in [1.82, 2.24) is 14.7 Å². The monoisotopic (exact) mass is 349 g/mol. The maximum Gasteiger partial charge on any atom is 0.232 e. The third-order valence-corrected chi connectivity index (χ3v) is 5.79. The molecule has 0 spiro atoms. The summed E-state index contributed by atoms with van der Waals surface area (Å²) in [6, 6.07) is 9.94. The molecule has 0 bridgehead atoms. The van der Waals surface area contributed by atoms with E-state index in [-0.39, 0.29) is 29.7 Å². The fourth-order valence-corrected chi connectivity index (χ4v) is 4.06. The molecule has 2 fully saturated rings. The zero-order valence-electron chi connectivity index (χ0n) is 14.8. The minimum Gasteiger partial charge on any atom is -0.274 e. The maximum atomic E-state index is 12.9. The third kappa shape index (κ3) is 2.66. The molecule has 26 heavy (non-hydrogen) atoms. The first-order chi connectivity index (χ1) is 12.7. The van der Waals surface area contributed by atoms with Gasteiger partial charge < -0.3 is 0 Å². The van der Waals surface area contributed by atoms with Crippen LogP contribution >= 0.6 is 0 Å². The lowest BCUT2D eigenvalue weighted by Gasteiger charge is -2.33. The van der Waals surface area contributed by atoms with E-state index in [2.05, 4.69) is 5.10 Å².